The highest BCUT2D eigenvalue weighted by molar-refractivity contribution is 5.45. The first-order valence-corrected chi connectivity index (χ1v) is 6.31. The van der Waals surface area contributed by atoms with Crippen LogP contribution < -0.4 is 10.2 Å². The highest BCUT2D eigenvalue weighted by Gasteiger charge is 2.03. The van der Waals surface area contributed by atoms with Crippen LogP contribution in [0.5, 0.6) is 0 Å². The van der Waals surface area contributed by atoms with Gasteiger partial charge in [-0.2, -0.15) is 0 Å². The molecule has 1 rings (SSSR count). The summed E-state index contributed by atoms with van der Waals surface area (Å²) in [6.07, 6.45) is 1.19. The lowest BCUT2D eigenvalue weighted by Gasteiger charge is -2.24. The second-order valence-corrected chi connectivity index (χ2v) is 4.18. The monoisotopic (exact) mass is 220 g/mol. The Morgan fingerprint density at radius 1 is 1.19 bits per heavy atom. The van der Waals surface area contributed by atoms with E-state index in [0.29, 0.717) is 6.04 Å². The first-order valence-electron chi connectivity index (χ1n) is 6.31. The van der Waals surface area contributed by atoms with Gasteiger partial charge < -0.3 is 10.2 Å². The van der Waals surface area contributed by atoms with E-state index in [1.807, 2.05) is 0 Å². The quantitative estimate of drug-likeness (QED) is 0.760. The van der Waals surface area contributed by atoms with Crippen LogP contribution in [0.2, 0.25) is 0 Å². The molecule has 2 heteroatoms. The number of nitrogens with one attached hydrogen (secondary N) is 1. The average molecular weight is 220 g/mol. The minimum atomic E-state index is 0.620. The molecule has 0 aliphatic carbocycles. The molecule has 16 heavy (non-hydrogen) atoms. The molecule has 1 atom stereocenters. The molecule has 0 amide bonds. The first kappa shape index (κ1) is 13.0. The predicted molar refractivity (Wildman–Crippen MR) is 72.1 cm³/mol. The molecule has 1 aromatic rings. The maximum Gasteiger partial charge on any atom is 0.0366 e. The lowest BCUT2D eigenvalue weighted by Crippen LogP contribution is -2.35. The number of hydrogen-bond acceptors (Lipinski definition) is 2. The van der Waals surface area contributed by atoms with Crippen molar-refractivity contribution in [1.82, 2.24) is 5.32 Å². The average Bonchev–Trinajstić information content (AvgIpc) is 2.35. The molecule has 1 N–H and O–H groups in total. The van der Waals surface area contributed by atoms with Crippen LogP contribution in [-0.4, -0.2) is 25.7 Å². The van der Waals surface area contributed by atoms with E-state index in [9.17, 15) is 0 Å². The Hall–Kier alpha value is -1.02. The lowest BCUT2D eigenvalue weighted by molar-refractivity contribution is 0.534. The molecule has 1 aromatic carbocycles. The summed E-state index contributed by atoms with van der Waals surface area (Å²) in [4.78, 5) is 2.40. The van der Waals surface area contributed by atoms with E-state index in [-0.39, 0.29) is 0 Å². The summed E-state index contributed by atoms with van der Waals surface area (Å²) >= 11 is 0. The van der Waals surface area contributed by atoms with Gasteiger partial charge in [0.05, 0.1) is 0 Å². The third kappa shape index (κ3) is 4.23. The molecular weight excluding hydrogens is 196 g/mol. The summed E-state index contributed by atoms with van der Waals surface area (Å²) in [5.74, 6) is 0. The van der Waals surface area contributed by atoms with E-state index in [1.54, 1.807) is 0 Å². The van der Waals surface area contributed by atoms with Gasteiger partial charge in [0.2, 0.25) is 0 Å². The van der Waals surface area contributed by atoms with Crippen molar-refractivity contribution >= 4 is 5.69 Å². The Kier molecular flexibility index (Phi) is 5.94. The van der Waals surface area contributed by atoms with Crippen LogP contribution in [-0.2, 0) is 0 Å². The summed E-state index contributed by atoms with van der Waals surface area (Å²) in [7, 11) is 0. The number of hydrogen-bond donors (Lipinski definition) is 1. The van der Waals surface area contributed by atoms with Crippen LogP contribution in [0.3, 0.4) is 0 Å². The topological polar surface area (TPSA) is 15.3 Å². The molecule has 1 unspecified atom stereocenters. The van der Waals surface area contributed by atoms with Crippen LogP contribution in [0, 0.1) is 0 Å². The maximum atomic E-state index is 3.53. The van der Waals surface area contributed by atoms with E-state index in [2.05, 4.69) is 61.3 Å². The van der Waals surface area contributed by atoms with E-state index in [1.165, 1.54) is 12.1 Å². The third-order valence-electron chi connectivity index (χ3n) is 2.99. The summed E-state index contributed by atoms with van der Waals surface area (Å²) in [5.41, 5.74) is 1.32. The van der Waals surface area contributed by atoms with Crippen molar-refractivity contribution in [2.45, 2.75) is 33.2 Å². The minimum Gasteiger partial charge on any atom is -0.371 e. The molecule has 0 aromatic heterocycles. The SMILES string of the molecule is CCC(C)NCCN(CC)c1ccccc1. The summed E-state index contributed by atoms with van der Waals surface area (Å²) < 4.78 is 0. The highest BCUT2D eigenvalue weighted by Crippen LogP contribution is 2.11. The molecule has 0 aliphatic rings. The number of para-hydroxylation sites is 1. The number of likely N-dealkylation sites (N-methyl/N-ethyl adjacent to an activating group) is 1. The lowest BCUT2D eigenvalue weighted by atomic mass is 10.2. The Balaban J connectivity index is 2.38. The van der Waals surface area contributed by atoms with E-state index >= 15 is 0 Å². The van der Waals surface area contributed by atoms with Gasteiger partial charge in [-0.05, 0) is 32.4 Å². The molecule has 90 valence electrons. The van der Waals surface area contributed by atoms with E-state index in [4.69, 9.17) is 0 Å². The third-order valence-corrected chi connectivity index (χ3v) is 2.99. The van der Waals surface area contributed by atoms with Gasteiger partial charge in [0, 0.05) is 31.4 Å². The molecule has 0 heterocycles. The highest BCUT2D eigenvalue weighted by atomic mass is 15.1. The van der Waals surface area contributed by atoms with Gasteiger partial charge >= 0.3 is 0 Å². The summed E-state index contributed by atoms with van der Waals surface area (Å²) in [6.45, 7) is 9.84. The van der Waals surface area contributed by atoms with Gasteiger partial charge in [0.25, 0.3) is 0 Å². The molecule has 0 saturated carbocycles. The number of benzene rings is 1. The van der Waals surface area contributed by atoms with Gasteiger partial charge in [-0.1, -0.05) is 25.1 Å². The molecule has 0 spiro atoms. The Morgan fingerprint density at radius 3 is 2.44 bits per heavy atom. The Morgan fingerprint density at radius 2 is 1.88 bits per heavy atom. The van der Waals surface area contributed by atoms with Gasteiger partial charge in [-0.25, -0.2) is 0 Å². The number of rotatable bonds is 7. The first-order chi connectivity index (χ1) is 7.77. The zero-order valence-electron chi connectivity index (χ0n) is 10.7. The number of anilines is 1. The standard InChI is InChI=1S/C14H24N2/c1-4-13(3)15-11-12-16(5-2)14-9-7-6-8-10-14/h6-10,13,15H,4-5,11-12H2,1-3H3. The normalized spacial score (nSPS) is 12.4. The van der Waals surface area contributed by atoms with Crippen molar-refractivity contribution in [3.63, 3.8) is 0 Å². The fourth-order valence-electron chi connectivity index (χ4n) is 1.70. The largest absolute Gasteiger partial charge is 0.371 e. The molecule has 0 radical (unpaired) electrons. The van der Waals surface area contributed by atoms with E-state index < -0.39 is 0 Å². The molecular formula is C14H24N2. The number of nitrogens with zero attached hydrogens (tertiary/aromatic N) is 1. The fourth-order valence-corrected chi connectivity index (χ4v) is 1.70. The summed E-state index contributed by atoms with van der Waals surface area (Å²) in [6, 6.07) is 11.2. The summed E-state index contributed by atoms with van der Waals surface area (Å²) in [5, 5.41) is 3.53. The van der Waals surface area contributed by atoms with Crippen LogP contribution >= 0.6 is 0 Å². The fraction of sp³-hybridized carbons (Fsp3) is 0.571. The van der Waals surface area contributed by atoms with Crippen LogP contribution in [0.15, 0.2) is 30.3 Å². The van der Waals surface area contributed by atoms with Crippen molar-refractivity contribution in [3.05, 3.63) is 30.3 Å². The maximum absolute atomic E-state index is 3.53. The van der Waals surface area contributed by atoms with Crippen LogP contribution in [0.25, 0.3) is 0 Å². The van der Waals surface area contributed by atoms with Crippen LogP contribution in [0.4, 0.5) is 5.69 Å². The van der Waals surface area contributed by atoms with Crippen molar-refractivity contribution in [2.75, 3.05) is 24.5 Å². The van der Waals surface area contributed by atoms with Crippen LogP contribution in [0.1, 0.15) is 27.2 Å². The smallest absolute Gasteiger partial charge is 0.0366 e. The zero-order valence-corrected chi connectivity index (χ0v) is 10.7. The Labute approximate surface area is 99.7 Å². The molecule has 2 nitrogen and oxygen atoms in total. The van der Waals surface area contributed by atoms with Crippen molar-refractivity contribution in [2.24, 2.45) is 0 Å². The second-order valence-electron chi connectivity index (χ2n) is 4.18. The Bertz CT molecular complexity index is 271. The second kappa shape index (κ2) is 7.29. The molecule has 0 fully saturated rings. The van der Waals surface area contributed by atoms with Crippen molar-refractivity contribution in [1.29, 1.82) is 0 Å². The van der Waals surface area contributed by atoms with Gasteiger partial charge in [0.15, 0.2) is 0 Å². The van der Waals surface area contributed by atoms with E-state index in [0.717, 1.165) is 19.6 Å². The van der Waals surface area contributed by atoms with Crippen molar-refractivity contribution in [3.8, 4) is 0 Å². The van der Waals surface area contributed by atoms with Crippen molar-refractivity contribution < 1.29 is 0 Å². The molecule has 0 bridgehead atoms. The predicted octanol–water partition coefficient (Wildman–Crippen LogP) is 2.90. The molecule has 0 saturated heterocycles. The minimum absolute atomic E-state index is 0.620. The molecule has 0 aliphatic heterocycles. The van der Waals surface area contributed by atoms with Gasteiger partial charge in [-0.15, -0.1) is 0 Å². The van der Waals surface area contributed by atoms with Gasteiger partial charge in [0.1, 0.15) is 0 Å². The van der Waals surface area contributed by atoms with Gasteiger partial charge in [-0.3, -0.25) is 0 Å². The zero-order chi connectivity index (χ0) is 11.8.